The van der Waals surface area contributed by atoms with Crippen LogP contribution in [0, 0.1) is 5.92 Å². The standard InChI is InChI=1S/C28H28N4O3/c1-34-25-8-6-24(7-9-25)31-27-26(3-2-11-30-27)28(33)32-13-14-35-19-21(18-32)15-20-4-5-22-10-12-29-17-23(22)16-20/h2-12,16-17,21H,13-15,18-19H2,1H3,(H,30,31)/t21-/m1/s1. The van der Waals surface area contributed by atoms with E-state index in [0.717, 1.165) is 23.2 Å². The van der Waals surface area contributed by atoms with Gasteiger partial charge < -0.3 is 19.7 Å². The Kier molecular flexibility index (Phi) is 6.86. The van der Waals surface area contributed by atoms with Crippen LogP contribution < -0.4 is 10.1 Å². The summed E-state index contributed by atoms with van der Waals surface area (Å²) in [7, 11) is 1.63. The van der Waals surface area contributed by atoms with E-state index in [1.54, 1.807) is 25.6 Å². The minimum absolute atomic E-state index is 0.0488. The summed E-state index contributed by atoms with van der Waals surface area (Å²) in [5.41, 5.74) is 2.60. The minimum atomic E-state index is -0.0488. The number of benzene rings is 2. The fraction of sp³-hybridized carbons (Fsp3) is 0.250. The van der Waals surface area contributed by atoms with Gasteiger partial charge in [-0.1, -0.05) is 12.1 Å². The average Bonchev–Trinajstić information content (AvgIpc) is 3.14. The molecule has 0 unspecified atom stereocenters. The number of fused-ring (bicyclic) bond motifs is 1. The maximum absolute atomic E-state index is 13.6. The molecule has 2 aromatic heterocycles. The molecular formula is C28H28N4O3. The topological polar surface area (TPSA) is 76.6 Å². The molecule has 0 bridgehead atoms. The van der Waals surface area contributed by atoms with Crippen molar-refractivity contribution in [1.29, 1.82) is 0 Å². The number of nitrogens with one attached hydrogen (secondary N) is 1. The number of nitrogens with zero attached hydrogens (tertiary/aromatic N) is 3. The van der Waals surface area contributed by atoms with Gasteiger partial charge in [-0.3, -0.25) is 9.78 Å². The molecular weight excluding hydrogens is 440 g/mol. The van der Waals surface area contributed by atoms with Gasteiger partial charge in [-0.2, -0.15) is 0 Å². The summed E-state index contributed by atoms with van der Waals surface area (Å²) < 4.78 is 11.1. The van der Waals surface area contributed by atoms with E-state index in [-0.39, 0.29) is 11.8 Å². The highest BCUT2D eigenvalue weighted by atomic mass is 16.5. The predicted molar refractivity (Wildman–Crippen MR) is 136 cm³/mol. The van der Waals surface area contributed by atoms with Crippen molar-refractivity contribution in [2.45, 2.75) is 6.42 Å². The molecule has 1 amide bonds. The van der Waals surface area contributed by atoms with Crippen LogP contribution in [0.4, 0.5) is 11.5 Å². The lowest BCUT2D eigenvalue weighted by Gasteiger charge is -2.24. The molecule has 4 aromatic rings. The fourth-order valence-electron chi connectivity index (χ4n) is 4.44. The Morgan fingerprint density at radius 3 is 2.86 bits per heavy atom. The zero-order valence-corrected chi connectivity index (χ0v) is 19.7. The quantitative estimate of drug-likeness (QED) is 0.442. The van der Waals surface area contributed by atoms with Gasteiger partial charge in [0.25, 0.3) is 5.91 Å². The Morgan fingerprint density at radius 1 is 1.11 bits per heavy atom. The van der Waals surface area contributed by atoms with Crippen molar-refractivity contribution in [2.75, 3.05) is 38.7 Å². The van der Waals surface area contributed by atoms with Crippen LogP contribution in [0.3, 0.4) is 0 Å². The maximum atomic E-state index is 13.6. The summed E-state index contributed by atoms with van der Waals surface area (Å²) in [4.78, 5) is 24.2. The largest absolute Gasteiger partial charge is 0.497 e. The molecule has 7 heteroatoms. The van der Waals surface area contributed by atoms with Crippen LogP contribution in [-0.2, 0) is 11.2 Å². The first kappa shape index (κ1) is 22.8. The second-order valence-electron chi connectivity index (χ2n) is 8.71. The van der Waals surface area contributed by atoms with Crippen LogP contribution in [-0.4, -0.2) is 54.2 Å². The number of pyridine rings is 2. The Bertz CT molecular complexity index is 1310. The van der Waals surface area contributed by atoms with Gasteiger partial charge in [-0.15, -0.1) is 0 Å². The summed E-state index contributed by atoms with van der Waals surface area (Å²) in [5, 5.41) is 5.57. The van der Waals surface area contributed by atoms with Gasteiger partial charge in [0.15, 0.2) is 0 Å². The lowest BCUT2D eigenvalue weighted by molar-refractivity contribution is 0.0738. The number of carbonyl (C=O) groups is 1. The molecule has 35 heavy (non-hydrogen) atoms. The van der Waals surface area contributed by atoms with Crippen LogP contribution in [0.5, 0.6) is 5.75 Å². The number of rotatable bonds is 6. The van der Waals surface area contributed by atoms with Gasteiger partial charge in [0.1, 0.15) is 11.6 Å². The number of anilines is 2. The molecule has 1 atom stereocenters. The third-order valence-corrected chi connectivity index (χ3v) is 6.25. The van der Waals surface area contributed by atoms with Crippen LogP contribution in [0.25, 0.3) is 10.8 Å². The van der Waals surface area contributed by atoms with Crippen molar-refractivity contribution in [3.63, 3.8) is 0 Å². The Balaban J connectivity index is 1.32. The number of methoxy groups -OCH3 is 1. The molecule has 178 valence electrons. The maximum Gasteiger partial charge on any atom is 0.257 e. The molecule has 1 saturated heterocycles. The number of hydrogen-bond acceptors (Lipinski definition) is 6. The number of ether oxygens (including phenoxy) is 2. The normalized spacial score (nSPS) is 16.0. The van der Waals surface area contributed by atoms with Crippen LogP contribution in [0.2, 0.25) is 0 Å². The van der Waals surface area contributed by atoms with Gasteiger partial charge in [-0.25, -0.2) is 4.98 Å². The first-order valence-corrected chi connectivity index (χ1v) is 11.8. The second kappa shape index (κ2) is 10.5. The third kappa shape index (κ3) is 5.41. The highest BCUT2D eigenvalue weighted by molar-refractivity contribution is 5.99. The molecule has 7 nitrogen and oxygen atoms in total. The summed E-state index contributed by atoms with van der Waals surface area (Å²) in [6.07, 6.45) is 6.21. The fourth-order valence-corrected chi connectivity index (χ4v) is 4.44. The smallest absolute Gasteiger partial charge is 0.257 e. The molecule has 0 spiro atoms. The summed E-state index contributed by atoms with van der Waals surface area (Å²) in [5.74, 6) is 1.45. The molecule has 5 rings (SSSR count). The highest BCUT2D eigenvalue weighted by Gasteiger charge is 2.25. The number of aromatic nitrogens is 2. The Hall–Kier alpha value is -3.97. The van der Waals surface area contributed by atoms with Crippen LogP contribution in [0.15, 0.2) is 79.3 Å². The number of carbonyl (C=O) groups excluding carboxylic acids is 1. The van der Waals surface area contributed by atoms with E-state index in [1.807, 2.05) is 47.5 Å². The van der Waals surface area contributed by atoms with E-state index in [4.69, 9.17) is 9.47 Å². The van der Waals surface area contributed by atoms with Crippen molar-refractivity contribution >= 4 is 28.2 Å². The van der Waals surface area contributed by atoms with E-state index in [9.17, 15) is 4.79 Å². The molecule has 0 radical (unpaired) electrons. The van der Waals surface area contributed by atoms with Crippen LogP contribution in [0.1, 0.15) is 15.9 Å². The van der Waals surface area contributed by atoms with Crippen molar-refractivity contribution in [1.82, 2.24) is 14.9 Å². The predicted octanol–water partition coefficient (Wildman–Crippen LogP) is 4.71. The third-order valence-electron chi connectivity index (χ3n) is 6.25. The summed E-state index contributed by atoms with van der Waals surface area (Å²) in [6.45, 7) is 2.32. The lowest BCUT2D eigenvalue weighted by atomic mass is 9.97. The average molecular weight is 469 g/mol. The lowest BCUT2D eigenvalue weighted by Crippen LogP contribution is -2.36. The SMILES string of the molecule is COc1ccc(Nc2ncccc2C(=O)N2CCOC[C@H](Cc3ccc4ccncc4c3)C2)cc1. The molecule has 2 aromatic carbocycles. The molecule has 0 aliphatic carbocycles. The molecule has 1 fully saturated rings. The van der Waals surface area contributed by atoms with Gasteiger partial charge in [0.2, 0.25) is 0 Å². The molecule has 1 N–H and O–H groups in total. The van der Waals surface area contributed by atoms with Crippen molar-refractivity contribution in [3.8, 4) is 5.75 Å². The first-order valence-electron chi connectivity index (χ1n) is 11.8. The Morgan fingerprint density at radius 2 is 2.00 bits per heavy atom. The van der Waals surface area contributed by atoms with Crippen molar-refractivity contribution in [3.05, 3.63) is 90.4 Å². The monoisotopic (exact) mass is 468 g/mol. The molecule has 1 aliphatic rings. The van der Waals surface area contributed by atoms with E-state index in [1.165, 1.54) is 10.9 Å². The van der Waals surface area contributed by atoms with Gasteiger partial charge in [0.05, 0.1) is 25.9 Å². The van der Waals surface area contributed by atoms with E-state index in [2.05, 4.69) is 33.5 Å². The zero-order valence-electron chi connectivity index (χ0n) is 19.7. The number of amides is 1. The van der Waals surface area contributed by atoms with E-state index >= 15 is 0 Å². The minimum Gasteiger partial charge on any atom is -0.497 e. The van der Waals surface area contributed by atoms with Gasteiger partial charge in [0, 0.05) is 48.7 Å². The Labute approximate surface area is 204 Å². The number of hydrogen-bond donors (Lipinski definition) is 1. The van der Waals surface area contributed by atoms with Gasteiger partial charge >= 0.3 is 0 Å². The molecule has 1 aliphatic heterocycles. The van der Waals surface area contributed by atoms with E-state index < -0.39 is 0 Å². The van der Waals surface area contributed by atoms with Crippen molar-refractivity contribution in [2.24, 2.45) is 5.92 Å². The summed E-state index contributed by atoms with van der Waals surface area (Å²) in [6, 6.07) is 19.6. The van der Waals surface area contributed by atoms with E-state index in [0.29, 0.717) is 37.7 Å². The second-order valence-corrected chi connectivity index (χ2v) is 8.71. The molecule has 3 heterocycles. The first-order chi connectivity index (χ1) is 17.2. The van der Waals surface area contributed by atoms with Crippen molar-refractivity contribution < 1.29 is 14.3 Å². The summed E-state index contributed by atoms with van der Waals surface area (Å²) >= 11 is 0. The molecule has 0 saturated carbocycles. The highest BCUT2D eigenvalue weighted by Crippen LogP contribution is 2.24. The van der Waals surface area contributed by atoms with Crippen LogP contribution >= 0.6 is 0 Å². The zero-order chi connectivity index (χ0) is 24.0. The van der Waals surface area contributed by atoms with Gasteiger partial charge in [-0.05, 0) is 65.9 Å².